The number of carboxylic acid groups (broad SMARTS) is 2. The Morgan fingerprint density at radius 1 is 0.559 bits per heavy atom. The van der Waals surface area contributed by atoms with E-state index in [4.69, 9.17) is 39.6 Å². The molecule has 8 bridgehead atoms. The summed E-state index contributed by atoms with van der Waals surface area (Å²) in [5, 5.41) is 22.3. The minimum atomic E-state index is -1.28. The summed E-state index contributed by atoms with van der Waals surface area (Å²) < 4.78 is 8.03. The van der Waals surface area contributed by atoms with Crippen LogP contribution in [-0.4, -0.2) is 47.1 Å². The summed E-state index contributed by atoms with van der Waals surface area (Å²) in [6, 6.07) is 30.8. The Bertz CT molecular complexity index is 3260. The average molecular weight is 827 g/mol. The second-order valence-electron chi connectivity index (χ2n) is 15.2. The van der Waals surface area contributed by atoms with Crippen molar-refractivity contribution < 1.29 is 46.2 Å². The molecule has 0 saturated carbocycles. The molecule has 10 rings (SSSR count). The number of rotatable bonds is 4. The summed E-state index contributed by atoms with van der Waals surface area (Å²) in [5.41, 5.74) is 5.56. The van der Waals surface area contributed by atoms with Crippen LogP contribution in [0.2, 0.25) is 0 Å². The van der Waals surface area contributed by atoms with Crippen molar-refractivity contribution in [3.8, 4) is 57.1 Å². The molecule has 1 radical (unpaired) electrons. The molecular formula is C45H31CuN8O5+. The molecule has 5 aromatic carbocycles. The van der Waals surface area contributed by atoms with Crippen molar-refractivity contribution in [1.82, 2.24) is 34.9 Å². The molecule has 2 N–H and O–H groups in total. The van der Waals surface area contributed by atoms with Gasteiger partial charge >= 0.3 is 29.0 Å². The summed E-state index contributed by atoms with van der Waals surface area (Å²) >= 11 is 0. The van der Waals surface area contributed by atoms with Crippen molar-refractivity contribution in [2.45, 2.75) is 26.2 Å². The topological polar surface area (TPSA) is 180 Å². The number of ether oxygens (including phenoxy) is 1. The van der Waals surface area contributed by atoms with Gasteiger partial charge in [-0.15, -0.1) is 0 Å². The average Bonchev–Trinajstić information content (AvgIpc) is 3.91. The number of fused-ring (bicyclic) bond motifs is 20. The fourth-order valence-corrected chi connectivity index (χ4v) is 7.45. The molecule has 0 spiro atoms. The molecule has 0 amide bonds. The van der Waals surface area contributed by atoms with Gasteiger partial charge in [-0.2, -0.15) is 0 Å². The van der Waals surface area contributed by atoms with Gasteiger partial charge in [-0.1, -0.05) is 81.4 Å². The Morgan fingerprint density at radius 3 is 1.54 bits per heavy atom. The monoisotopic (exact) mass is 826 g/mol. The third kappa shape index (κ3) is 6.26. The molecule has 13 nitrogen and oxygen atoms in total. The summed E-state index contributed by atoms with van der Waals surface area (Å²) in [6.07, 6.45) is 0. The fraction of sp³-hybridized carbons (Fsp3) is 0.111. The largest absolute Gasteiger partial charge is 2.00 e. The molecule has 8 aromatic rings. The van der Waals surface area contributed by atoms with Gasteiger partial charge in [0.25, 0.3) is 0 Å². The third-order valence-electron chi connectivity index (χ3n) is 10.4. The first-order valence-electron chi connectivity index (χ1n) is 18.4. The number of carboxylic acids is 2. The first kappa shape index (κ1) is 37.3. The predicted octanol–water partition coefficient (Wildman–Crippen LogP) is 8.04. The molecule has 5 heterocycles. The summed E-state index contributed by atoms with van der Waals surface area (Å²) in [7, 11) is 1.90. The minimum absolute atomic E-state index is 0. The molecule has 2 aliphatic rings. The molecule has 0 saturated heterocycles. The van der Waals surface area contributed by atoms with E-state index < -0.39 is 11.9 Å². The van der Waals surface area contributed by atoms with E-state index >= 15 is 0 Å². The van der Waals surface area contributed by atoms with Crippen LogP contribution in [-0.2, 0) is 29.5 Å². The van der Waals surface area contributed by atoms with Crippen molar-refractivity contribution in [2.75, 3.05) is 0 Å². The Hall–Kier alpha value is -7.28. The molecule has 3 aromatic heterocycles. The van der Waals surface area contributed by atoms with Gasteiger partial charge in [0.05, 0.1) is 29.8 Å². The molecule has 14 heteroatoms. The Balaban J connectivity index is 0.00000449. The first-order valence-corrected chi connectivity index (χ1v) is 18.4. The standard InChI is InChI=1S/C45H32N8O5.Cu/c1-45(2,3)24-13-15-29-33(20-24)39-49-37(29)47-35-27-9-5-6-10-28(27)36(46-35)48-38-30-16-14-25(58-26-18-22(43(54)55)17-23(19-26)44(56)57)21-34(30)40(50-38)52-42-32-12-8-7-11-31(32)41(51-39)53(42)4;/h5-21H,1-4H3,(H3,46,47,48,49,50,51,52,54,55,56,57);/q;+2/p-1. The smallest absolute Gasteiger partial charge is 0.478 e. The van der Waals surface area contributed by atoms with Gasteiger partial charge in [-0.05, 0) is 75.0 Å². The molecule has 0 atom stereocenters. The molecule has 0 aliphatic carbocycles. The van der Waals surface area contributed by atoms with Gasteiger partial charge in [0, 0.05) is 44.8 Å². The van der Waals surface area contributed by atoms with Crippen LogP contribution in [0.3, 0.4) is 0 Å². The molecule has 291 valence electrons. The van der Waals surface area contributed by atoms with Crippen LogP contribution in [0.4, 0.5) is 0 Å². The van der Waals surface area contributed by atoms with Gasteiger partial charge in [0.15, 0.2) is 0 Å². The van der Waals surface area contributed by atoms with Crippen molar-refractivity contribution in [3.05, 3.63) is 120 Å². The van der Waals surface area contributed by atoms with E-state index in [0.717, 1.165) is 44.7 Å². The van der Waals surface area contributed by atoms with E-state index in [1.807, 2.05) is 60.1 Å². The molecule has 2 aliphatic heterocycles. The van der Waals surface area contributed by atoms with Crippen LogP contribution in [0.15, 0.2) is 103 Å². The summed E-state index contributed by atoms with van der Waals surface area (Å²) in [4.78, 5) is 59.2. The third-order valence-corrected chi connectivity index (χ3v) is 10.4. The van der Waals surface area contributed by atoms with Gasteiger partial charge < -0.3 is 44.9 Å². The normalized spacial score (nSPS) is 11.9. The minimum Gasteiger partial charge on any atom is -0.478 e. The Kier molecular flexibility index (Phi) is 8.65. The second-order valence-corrected chi connectivity index (χ2v) is 15.2. The maximum atomic E-state index is 11.8. The van der Waals surface area contributed by atoms with Crippen LogP contribution in [0.25, 0.3) is 89.7 Å². The number of aromatic carboxylic acids is 2. The van der Waals surface area contributed by atoms with Crippen LogP contribution in [0, 0.1) is 0 Å². The molecule has 0 unspecified atom stereocenters. The van der Waals surface area contributed by atoms with Gasteiger partial charge in [-0.25, -0.2) is 14.6 Å². The fourth-order valence-electron chi connectivity index (χ4n) is 7.45. The van der Waals surface area contributed by atoms with Crippen molar-refractivity contribution in [3.63, 3.8) is 0 Å². The zero-order valence-electron chi connectivity index (χ0n) is 31.8. The number of hydrogen-bond acceptors (Lipinski definition) is 8. The maximum absolute atomic E-state index is 11.8. The Labute approximate surface area is 346 Å². The van der Waals surface area contributed by atoms with Gasteiger partial charge in [0.2, 0.25) is 0 Å². The van der Waals surface area contributed by atoms with E-state index in [-0.39, 0.29) is 39.4 Å². The zero-order valence-corrected chi connectivity index (χ0v) is 32.8. The Morgan fingerprint density at radius 2 is 1.03 bits per heavy atom. The quantitative estimate of drug-likeness (QED) is 0.129. The van der Waals surface area contributed by atoms with E-state index in [1.54, 1.807) is 18.2 Å². The van der Waals surface area contributed by atoms with Gasteiger partial charge in [-0.3, -0.25) is 4.57 Å². The second kappa shape index (κ2) is 13.7. The van der Waals surface area contributed by atoms with E-state index in [0.29, 0.717) is 62.4 Å². The van der Waals surface area contributed by atoms with Crippen molar-refractivity contribution in [2.24, 2.45) is 7.05 Å². The number of hydrogen-bond donors (Lipinski definition) is 2. The molecule has 59 heavy (non-hydrogen) atoms. The van der Waals surface area contributed by atoms with E-state index in [1.165, 1.54) is 12.1 Å². The maximum Gasteiger partial charge on any atom is 2.00 e. The van der Waals surface area contributed by atoms with Crippen LogP contribution < -0.4 is 19.3 Å². The van der Waals surface area contributed by atoms with Gasteiger partial charge in [0.1, 0.15) is 23.1 Å². The van der Waals surface area contributed by atoms with Crippen LogP contribution >= 0.6 is 0 Å². The van der Waals surface area contributed by atoms with Crippen LogP contribution in [0.1, 0.15) is 47.1 Å². The SMILES string of the molecule is C[n+]1c2nc3[n-]c(nc4nc(nc5[n-]c(nc1-c1ccccc1-2)c1cc(C(C)(C)C)ccc51)-c1ccccc1-4)c1ccc(Oc2cc(C(=O)O)cc(C(=O)O)c2)cc31.[Cu+2]. The number of aromatic nitrogens is 8. The van der Waals surface area contributed by atoms with Crippen LogP contribution in [0.5, 0.6) is 11.5 Å². The molecule has 0 fully saturated rings. The number of nitrogens with zero attached hydrogens (tertiary/aromatic N) is 8. The predicted molar refractivity (Wildman–Crippen MR) is 217 cm³/mol. The van der Waals surface area contributed by atoms with E-state index in [2.05, 4.69) is 39.0 Å². The first-order chi connectivity index (χ1) is 27.9. The van der Waals surface area contributed by atoms with E-state index in [9.17, 15) is 19.8 Å². The zero-order chi connectivity index (χ0) is 40.0. The summed E-state index contributed by atoms with van der Waals surface area (Å²) in [6.45, 7) is 6.52. The molecular weight excluding hydrogens is 796 g/mol. The summed E-state index contributed by atoms with van der Waals surface area (Å²) in [5.74, 6) is -0.110. The number of benzene rings is 5. The van der Waals surface area contributed by atoms with Crippen molar-refractivity contribution in [1.29, 1.82) is 0 Å². The van der Waals surface area contributed by atoms with Crippen molar-refractivity contribution >= 4 is 56.1 Å². The number of carbonyl (C=O) groups is 2.